The van der Waals surface area contributed by atoms with E-state index >= 15 is 4.79 Å². The summed E-state index contributed by atoms with van der Waals surface area (Å²) in [5.74, 6) is -18.8. The Morgan fingerprint density at radius 2 is 1.29 bits per heavy atom. The average molecular weight is 1620 g/mol. The molecule has 0 radical (unpaired) electrons. The molecule has 1 fully saturated rings. The second-order valence-corrected chi connectivity index (χ2v) is 27.5. The topological polar surface area (TPSA) is 688 Å². The lowest BCUT2D eigenvalue weighted by molar-refractivity contribution is -0.146. The highest BCUT2D eigenvalue weighted by Crippen LogP contribution is 2.23. The number of fused-ring (bicyclic) bond motifs is 4. The van der Waals surface area contributed by atoms with Crippen molar-refractivity contribution in [3.8, 4) is 5.75 Å². The molecular weight excluding hydrogens is 1520 g/mol. The molecule has 1 saturated heterocycles. The molecule has 45 heteroatoms. The van der Waals surface area contributed by atoms with Crippen molar-refractivity contribution in [1.82, 2.24) is 94.0 Å². The highest BCUT2D eigenvalue weighted by atomic mass is 32.1. The zero-order valence-electron chi connectivity index (χ0n) is 61.4. The number of primary amides is 2. The fourth-order valence-corrected chi connectivity index (χ4v) is 12.7. The van der Waals surface area contributed by atoms with E-state index in [0.29, 0.717) is 22.0 Å². The third-order valence-electron chi connectivity index (χ3n) is 18.1. The summed E-state index contributed by atoms with van der Waals surface area (Å²) in [5, 5.41) is 90.1. The molecule has 43 nitrogen and oxygen atoms in total. The van der Waals surface area contributed by atoms with Gasteiger partial charge in [0.1, 0.15) is 78.3 Å². The molecular formula is C68H97N23O20S2. The number of aromatic hydroxyl groups is 1. The summed E-state index contributed by atoms with van der Waals surface area (Å²) >= 11 is 8.49. The first-order valence-corrected chi connectivity index (χ1v) is 37.2. The number of carbonyl (C=O) groups is 16. The average Bonchev–Trinajstić information content (AvgIpc) is 1.73. The molecule has 0 aliphatic carbocycles. The number of nitrogens with zero attached hydrogens (tertiary/aromatic N) is 4. The Balaban J connectivity index is 1.48. The van der Waals surface area contributed by atoms with Crippen molar-refractivity contribution >= 4 is 137 Å². The number of urea groups is 1. The third-order valence-corrected chi connectivity index (χ3v) is 18.9. The van der Waals surface area contributed by atoms with Crippen molar-refractivity contribution in [1.29, 1.82) is 5.41 Å². The van der Waals surface area contributed by atoms with Gasteiger partial charge in [-0.05, 0) is 100 Å². The van der Waals surface area contributed by atoms with Crippen LogP contribution in [0.5, 0.6) is 5.75 Å². The number of phenolic OH excluding ortho intramolecular Hbond substituents is 1. The van der Waals surface area contributed by atoms with Gasteiger partial charge in [0.05, 0.1) is 31.3 Å². The number of carboxylic acids is 2. The normalized spacial score (nSPS) is 22.5. The molecule has 616 valence electrons. The number of aliphatic carboxylic acids is 2. The number of aryl methyl sites for hydroxylation is 1. The fraction of sp³-hybridized carbons (Fsp3) is 0.515. The zero-order valence-corrected chi connectivity index (χ0v) is 63.2. The van der Waals surface area contributed by atoms with Crippen LogP contribution < -0.4 is 92.1 Å². The highest BCUT2D eigenvalue weighted by Gasteiger charge is 2.43. The Morgan fingerprint density at radius 1 is 0.690 bits per heavy atom. The van der Waals surface area contributed by atoms with Crippen LogP contribution in [0.25, 0.3) is 10.9 Å². The van der Waals surface area contributed by atoms with Gasteiger partial charge >= 0.3 is 18.0 Å². The van der Waals surface area contributed by atoms with E-state index in [1.165, 1.54) is 36.7 Å². The first kappa shape index (κ1) is 90.0. The van der Waals surface area contributed by atoms with Gasteiger partial charge in [-0.15, -0.1) is 5.10 Å². The second kappa shape index (κ2) is 44.2. The number of guanidine groups is 1. The number of thiol groups is 2. The Morgan fingerprint density at radius 3 is 1.90 bits per heavy atom. The van der Waals surface area contributed by atoms with Crippen molar-refractivity contribution in [2.75, 3.05) is 37.7 Å². The van der Waals surface area contributed by atoms with Gasteiger partial charge in [-0.2, -0.15) is 25.3 Å². The summed E-state index contributed by atoms with van der Waals surface area (Å²) in [7, 11) is 0. The summed E-state index contributed by atoms with van der Waals surface area (Å²) in [6.45, 7) is -0.628. The van der Waals surface area contributed by atoms with Crippen molar-refractivity contribution < 1.29 is 97.1 Å². The lowest BCUT2D eigenvalue weighted by atomic mass is 10.0. The van der Waals surface area contributed by atoms with E-state index in [9.17, 15) is 92.3 Å². The highest BCUT2D eigenvalue weighted by molar-refractivity contribution is 7.80. The van der Waals surface area contributed by atoms with Crippen LogP contribution in [0.3, 0.4) is 0 Å². The number of benzene rings is 2. The fourth-order valence-electron chi connectivity index (χ4n) is 12.2. The second-order valence-electron chi connectivity index (χ2n) is 26.8. The van der Waals surface area contributed by atoms with Crippen molar-refractivity contribution in [2.45, 2.75) is 182 Å². The molecule has 4 aromatic rings. The van der Waals surface area contributed by atoms with Gasteiger partial charge in [0, 0.05) is 73.7 Å². The Kier molecular flexibility index (Phi) is 35.2. The molecule has 2 aliphatic rings. The third kappa shape index (κ3) is 28.4. The van der Waals surface area contributed by atoms with Crippen LogP contribution in [0, 0.1) is 5.41 Å². The monoisotopic (exact) mass is 1620 g/mol. The summed E-state index contributed by atoms with van der Waals surface area (Å²) in [4.78, 5) is 227. The van der Waals surface area contributed by atoms with Gasteiger partial charge in [-0.3, -0.25) is 72.5 Å². The SMILES string of the molecule is C[C@@H](O)[C@@H]1NC(=O)[C@@H](NC(=O)[C@H](CS)NC(=O)CN)CCCc2cn(nn2)C[C@@H](C(=O)N[C@@H](Cc2ccc(O)cc2)C(=O)O)NC(=O)[C@H](CCC(N)=O)NC(=O)C(Cc2c[nH]c3ccccc23)NC(=O)[C@H](CCCNC(N)=O)NC(=O)[C@H](CS)NC(=O)[C@H](CCCNC(=N)N)NC(=O)[C@@H]2CCCN2C(=O)[C@H](CC(=O)O)NC1=O. The van der Waals surface area contributed by atoms with E-state index < -0.39 is 217 Å². The van der Waals surface area contributed by atoms with E-state index in [1.54, 1.807) is 24.3 Å². The lowest BCUT2D eigenvalue weighted by Gasteiger charge is -2.31. The number of rotatable bonds is 27. The van der Waals surface area contributed by atoms with Crippen LogP contribution in [0.2, 0.25) is 0 Å². The molecule has 113 heavy (non-hydrogen) atoms. The molecule has 4 heterocycles. The zero-order chi connectivity index (χ0) is 83.2. The summed E-state index contributed by atoms with van der Waals surface area (Å²) in [6.07, 6.45) is -3.38. The Bertz CT molecular complexity index is 4090. The number of carboxylic acid groups (broad SMARTS) is 2. The minimum atomic E-state index is -2.03. The molecule has 27 N–H and O–H groups in total. The number of H-pyrrole nitrogens is 1. The molecule has 6 rings (SSSR count). The quantitative estimate of drug-likeness (QED) is 0.0114. The van der Waals surface area contributed by atoms with Gasteiger partial charge in [-0.1, -0.05) is 35.5 Å². The van der Waals surface area contributed by atoms with Crippen LogP contribution in [0.4, 0.5) is 4.79 Å². The van der Waals surface area contributed by atoms with Crippen LogP contribution >= 0.6 is 25.3 Å². The predicted octanol–water partition coefficient (Wildman–Crippen LogP) is -7.65. The van der Waals surface area contributed by atoms with Crippen LogP contribution in [0.1, 0.15) is 94.4 Å². The van der Waals surface area contributed by atoms with Gasteiger partial charge in [0.15, 0.2) is 5.96 Å². The van der Waals surface area contributed by atoms with E-state index in [-0.39, 0.29) is 107 Å². The maximum absolute atomic E-state index is 15.2. The minimum Gasteiger partial charge on any atom is -0.508 e. The first-order chi connectivity index (χ1) is 53.7. The van der Waals surface area contributed by atoms with Crippen LogP contribution in [-0.4, -0.2) is 262 Å². The molecule has 2 aromatic carbocycles. The number of phenols is 1. The van der Waals surface area contributed by atoms with Gasteiger partial charge in [-0.25, -0.2) is 14.3 Å². The largest absolute Gasteiger partial charge is 0.508 e. The number of nitrogens with two attached hydrogens (primary N) is 4. The number of amides is 15. The molecule has 0 saturated carbocycles. The number of nitrogens with one attached hydrogen (secondary N) is 15. The number of hydrogen-bond acceptors (Lipinski definition) is 24. The maximum Gasteiger partial charge on any atom is 0.326 e. The van der Waals surface area contributed by atoms with Crippen molar-refractivity contribution in [3.05, 3.63) is 77.7 Å². The minimum absolute atomic E-state index is 0.00124. The summed E-state index contributed by atoms with van der Waals surface area (Å²) < 4.78 is 1.05. The first-order valence-electron chi connectivity index (χ1n) is 36.0. The predicted molar refractivity (Wildman–Crippen MR) is 405 cm³/mol. The molecule has 2 aliphatic heterocycles. The van der Waals surface area contributed by atoms with Crippen molar-refractivity contribution in [3.63, 3.8) is 0 Å². The number of aromatic nitrogens is 4. The van der Waals surface area contributed by atoms with Crippen LogP contribution in [0.15, 0.2) is 60.9 Å². The number of hydrogen-bond donors (Lipinski definition) is 25. The number of aliphatic hydroxyl groups is 1. The van der Waals surface area contributed by atoms with Crippen LogP contribution in [-0.2, 0) is 97.7 Å². The number of aromatic amines is 1. The summed E-state index contributed by atoms with van der Waals surface area (Å²) in [5.41, 5.74) is 23.4. The Hall–Kier alpha value is -11.9. The van der Waals surface area contributed by atoms with E-state index in [1.807, 2.05) is 0 Å². The standard InChI is InChI=1S/C68H97N23O20S2/c1-33(92)54-64(107)83-45(26-53(96)97)65(108)91-23-7-14-50(91)63(106)81-42(12-5-21-74-67(71)72)56(99)86-49(32-113)62(105)79-41(13-6-22-75-68(73)111)55(98)82-44(25-35-28-76-39-10-3-2-9-38(35)39)59(102)80-43(19-20-51(70)94)57(100)85-47(60(103)84-46(66(109)110)24-34-15-17-37(93)18-16-34)30-90-29-36(88-89-90)8-4-11-40(58(101)87-54)78-61(104)48(31-112)77-52(95)27-69/h2-3,9-10,15-18,28-29,33,40-50,54,76,92-93,112-113H,4-8,11-14,19-27,30-32,69H2,1H3,(H2,70,94)(H,77,95)(H,78,104)(H,79,105)(H,80,102)(H,81,106)(H,82,98)(H,83,107)(H,84,103)(H,85,100)(H,86,99)(H,87,101)(H,96,97)(H,109,110)(H4,71,72,74)(H3,73,75,111)/t33-,40+,41+,42+,43+,44?,45+,46+,47+,48+,49+,50+,54+/m1/s1. The van der Waals surface area contributed by atoms with E-state index in [0.717, 1.165) is 16.5 Å². The molecule has 0 spiro atoms. The van der Waals surface area contributed by atoms with E-state index in [4.69, 9.17) is 28.3 Å². The van der Waals surface area contributed by atoms with Gasteiger partial charge in [0.2, 0.25) is 76.8 Å². The molecule has 13 atom stereocenters. The van der Waals surface area contributed by atoms with E-state index in [2.05, 4.69) is 110 Å². The summed E-state index contributed by atoms with van der Waals surface area (Å²) in [6, 6.07) is -9.52. The smallest absolute Gasteiger partial charge is 0.326 e. The number of carbonyl (C=O) groups excluding carboxylic acids is 14. The van der Waals surface area contributed by atoms with Gasteiger partial charge < -0.3 is 122 Å². The van der Waals surface area contributed by atoms with Gasteiger partial charge in [0.25, 0.3) is 0 Å². The maximum atomic E-state index is 15.2. The molecule has 2 aromatic heterocycles. The van der Waals surface area contributed by atoms with Crippen molar-refractivity contribution in [2.24, 2.45) is 22.9 Å². The molecule has 1 unspecified atom stereocenters. The Labute approximate surface area is 656 Å². The number of para-hydroxylation sites is 1. The molecule has 15 amide bonds. The lowest BCUT2D eigenvalue weighted by Crippen LogP contribution is -2.62. The molecule has 2 bridgehead atoms. The number of aliphatic hydroxyl groups excluding tert-OH is 1.